The number of aromatic hydroxyl groups is 1. The van der Waals surface area contributed by atoms with Gasteiger partial charge in [0.1, 0.15) is 5.75 Å². The van der Waals surface area contributed by atoms with Gasteiger partial charge in [0.25, 0.3) is 0 Å². The summed E-state index contributed by atoms with van der Waals surface area (Å²) >= 11 is 0. The summed E-state index contributed by atoms with van der Waals surface area (Å²) in [6, 6.07) is 13.2. The molecule has 0 aliphatic heterocycles. The van der Waals surface area contributed by atoms with Gasteiger partial charge < -0.3 is 14.7 Å². The molecule has 0 saturated heterocycles. The summed E-state index contributed by atoms with van der Waals surface area (Å²) < 4.78 is 43.4. The second-order valence-corrected chi connectivity index (χ2v) is 7.29. The van der Waals surface area contributed by atoms with E-state index in [0.29, 0.717) is 16.7 Å². The van der Waals surface area contributed by atoms with Crippen molar-refractivity contribution >= 4 is 22.3 Å². The molecule has 0 bridgehead atoms. The van der Waals surface area contributed by atoms with Crippen LogP contribution in [0.3, 0.4) is 0 Å². The first-order valence-corrected chi connectivity index (χ1v) is 9.68. The quantitative estimate of drug-likeness (QED) is 0.429. The van der Waals surface area contributed by atoms with E-state index >= 15 is 0 Å². The fourth-order valence-electron chi connectivity index (χ4n) is 3.37. The molecule has 0 unspecified atom stereocenters. The van der Waals surface area contributed by atoms with E-state index in [1.54, 1.807) is 30.3 Å². The number of aromatic nitrogens is 3. The minimum atomic E-state index is -4.23. The number of hydrogen-bond acceptors (Lipinski definition) is 6. The zero-order valence-electron chi connectivity index (χ0n) is 17.3. The number of alkyl halides is 3. The van der Waals surface area contributed by atoms with Gasteiger partial charge in [-0.15, -0.1) is 0 Å². The van der Waals surface area contributed by atoms with Crippen molar-refractivity contribution in [3.8, 4) is 17.6 Å². The molecule has 2 heterocycles. The number of rotatable bonds is 5. The minimum absolute atomic E-state index is 0.0104. The molecule has 6 nitrogen and oxygen atoms in total. The molecule has 0 radical (unpaired) electrons. The summed E-state index contributed by atoms with van der Waals surface area (Å²) in [7, 11) is 1.83. The molecule has 4 aromatic rings. The highest BCUT2D eigenvalue weighted by atomic mass is 19.4. The van der Waals surface area contributed by atoms with Gasteiger partial charge in [-0.2, -0.15) is 23.1 Å². The van der Waals surface area contributed by atoms with Crippen LogP contribution in [0.4, 0.5) is 24.5 Å². The maximum Gasteiger partial charge on any atom is 0.393 e. The predicted octanol–water partition coefficient (Wildman–Crippen LogP) is 5.70. The molecule has 4 rings (SSSR count). The van der Waals surface area contributed by atoms with Gasteiger partial charge in [-0.3, -0.25) is 4.98 Å². The maximum absolute atomic E-state index is 12.6. The Hall–Kier alpha value is -3.88. The number of halogens is 3. The average Bonchev–Trinajstić information content (AvgIpc) is 2.73. The minimum Gasteiger partial charge on any atom is -0.493 e. The number of anilines is 2. The number of hydrogen-bond donors (Lipinski definition) is 1. The summed E-state index contributed by atoms with van der Waals surface area (Å²) in [6.07, 6.45) is -2.15. The zero-order valence-corrected chi connectivity index (χ0v) is 17.3. The third-order valence-corrected chi connectivity index (χ3v) is 4.93. The van der Waals surface area contributed by atoms with E-state index in [0.717, 1.165) is 16.9 Å². The lowest BCUT2D eigenvalue weighted by molar-refractivity contribution is -0.127. The Kier molecular flexibility index (Phi) is 5.56. The van der Waals surface area contributed by atoms with E-state index in [9.17, 15) is 18.3 Å². The summed E-state index contributed by atoms with van der Waals surface area (Å²) in [4.78, 5) is 14.1. The van der Waals surface area contributed by atoms with Gasteiger partial charge >= 0.3 is 12.2 Å². The van der Waals surface area contributed by atoms with Crippen LogP contribution in [0.1, 0.15) is 11.1 Å². The van der Waals surface area contributed by atoms with Gasteiger partial charge in [0.05, 0.1) is 23.5 Å². The second kappa shape index (κ2) is 8.33. The van der Waals surface area contributed by atoms with E-state index in [-0.39, 0.29) is 17.5 Å². The lowest BCUT2D eigenvalue weighted by Crippen LogP contribution is -2.13. The van der Waals surface area contributed by atoms with Crippen molar-refractivity contribution in [1.29, 1.82) is 0 Å². The lowest BCUT2D eigenvalue weighted by Gasteiger charge is -2.22. The number of pyridine rings is 1. The van der Waals surface area contributed by atoms with Crippen LogP contribution in [0.25, 0.3) is 10.9 Å². The molecule has 0 fully saturated rings. The number of fused-ring (bicyclic) bond motifs is 1. The highest BCUT2D eigenvalue weighted by Gasteiger charge is 2.27. The highest BCUT2D eigenvalue weighted by molar-refractivity contribution is 5.82. The molecule has 2 aromatic carbocycles. The first kappa shape index (κ1) is 21.4. The smallest absolute Gasteiger partial charge is 0.393 e. The van der Waals surface area contributed by atoms with E-state index < -0.39 is 12.6 Å². The fourth-order valence-corrected chi connectivity index (χ4v) is 3.37. The molecule has 0 spiro atoms. The maximum atomic E-state index is 12.6. The third-order valence-electron chi connectivity index (χ3n) is 4.93. The van der Waals surface area contributed by atoms with Gasteiger partial charge in [-0.1, -0.05) is 12.1 Å². The van der Waals surface area contributed by atoms with Gasteiger partial charge in [0.15, 0.2) is 0 Å². The van der Waals surface area contributed by atoms with Gasteiger partial charge in [-0.25, -0.2) is 0 Å². The number of ether oxygens (including phenoxy) is 1. The Balaban J connectivity index is 1.53. The molecule has 164 valence electrons. The van der Waals surface area contributed by atoms with Crippen LogP contribution in [-0.4, -0.2) is 33.3 Å². The number of nitrogens with zero attached hydrogens (tertiary/aromatic N) is 4. The molecule has 9 heteroatoms. The second-order valence-electron chi connectivity index (χ2n) is 7.29. The molecule has 0 aliphatic rings. The molecular weight excluding hydrogens is 421 g/mol. The molecule has 0 amide bonds. The molecule has 0 atom stereocenters. The van der Waals surface area contributed by atoms with Gasteiger partial charge in [0.2, 0.25) is 5.88 Å². The summed E-state index contributed by atoms with van der Waals surface area (Å²) in [5.74, 6) is 0.275. The van der Waals surface area contributed by atoms with Crippen LogP contribution < -0.4 is 9.64 Å². The standard InChI is InChI=1S/C23H19F3N4O2/c1-14-11-17(32-22-28-19-13-27-10-9-18(19)21(31)29-22)7-8-20(14)30(2)16-5-3-15(4-6-16)12-23(24,25)26/h3-11,13H,12H2,1-2H3,(H,28,29,31). The van der Waals surface area contributed by atoms with Crippen molar-refractivity contribution < 1.29 is 23.0 Å². The summed E-state index contributed by atoms with van der Waals surface area (Å²) in [5.41, 5.74) is 3.15. The third kappa shape index (κ3) is 4.72. The molecule has 0 saturated carbocycles. The van der Waals surface area contributed by atoms with E-state index in [1.165, 1.54) is 24.5 Å². The monoisotopic (exact) mass is 440 g/mol. The molecule has 1 N–H and O–H groups in total. The van der Waals surface area contributed by atoms with E-state index in [1.807, 2.05) is 24.9 Å². The first-order valence-electron chi connectivity index (χ1n) is 9.68. The molecule has 32 heavy (non-hydrogen) atoms. The first-order chi connectivity index (χ1) is 15.2. The van der Waals surface area contributed by atoms with E-state index in [4.69, 9.17) is 4.74 Å². The largest absolute Gasteiger partial charge is 0.493 e. The van der Waals surface area contributed by atoms with Crippen molar-refractivity contribution in [1.82, 2.24) is 15.0 Å². The van der Waals surface area contributed by atoms with Crippen LogP contribution in [0.2, 0.25) is 0 Å². The summed E-state index contributed by atoms with van der Waals surface area (Å²) in [5, 5.41) is 10.6. The topological polar surface area (TPSA) is 71.4 Å². The molecular formula is C23H19F3N4O2. The lowest BCUT2D eigenvalue weighted by atomic mass is 10.1. The average molecular weight is 440 g/mol. The predicted molar refractivity (Wildman–Crippen MR) is 115 cm³/mol. The van der Waals surface area contributed by atoms with Gasteiger partial charge in [0, 0.05) is 24.6 Å². The van der Waals surface area contributed by atoms with Crippen molar-refractivity contribution in [2.45, 2.75) is 19.5 Å². The van der Waals surface area contributed by atoms with Gasteiger partial charge in [-0.05, 0) is 54.4 Å². The van der Waals surface area contributed by atoms with Crippen LogP contribution in [-0.2, 0) is 6.42 Å². The number of aryl methyl sites for hydroxylation is 1. The van der Waals surface area contributed by atoms with Crippen molar-refractivity contribution in [2.24, 2.45) is 0 Å². The summed E-state index contributed by atoms with van der Waals surface area (Å²) in [6.45, 7) is 1.89. The van der Waals surface area contributed by atoms with Crippen molar-refractivity contribution in [3.63, 3.8) is 0 Å². The Labute approximate surface area is 182 Å². The van der Waals surface area contributed by atoms with Crippen molar-refractivity contribution in [3.05, 3.63) is 72.1 Å². The van der Waals surface area contributed by atoms with Crippen LogP contribution in [0.5, 0.6) is 17.6 Å². The molecule has 0 aliphatic carbocycles. The van der Waals surface area contributed by atoms with E-state index in [2.05, 4.69) is 15.0 Å². The van der Waals surface area contributed by atoms with Crippen LogP contribution in [0.15, 0.2) is 60.9 Å². The zero-order chi connectivity index (χ0) is 22.9. The van der Waals surface area contributed by atoms with Crippen LogP contribution >= 0.6 is 0 Å². The highest BCUT2D eigenvalue weighted by Crippen LogP contribution is 2.32. The Morgan fingerprint density at radius 3 is 2.47 bits per heavy atom. The Morgan fingerprint density at radius 2 is 1.78 bits per heavy atom. The Morgan fingerprint density at radius 1 is 1.03 bits per heavy atom. The molecule has 2 aromatic heterocycles. The fraction of sp³-hybridized carbons (Fsp3) is 0.174. The van der Waals surface area contributed by atoms with Crippen LogP contribution in [0, 0.1) is 6.92 Å². The normalized spacial score (nSPS) is 11.5. The van der Waals surface area contributed by atoms with Crippen molar-refractivity contribution in [2.75, 3.05) is 11.9 Å². The number of benzene rings is 2. The SMILES string of the molecule is Cc1cc(Oc2nc(O)c3ccncc3n2)ccc1N(C)c1ccc(CC(F)(F)F)cc1. The Bertz CT molecular complexity index is 1260.